The topological polar surface area (TPSA) is 58.6 Å². The highest BCUT2D eigenvalue weighted by Gasteiger charge is 2.14. The molecule has 1 aromatic rings. The smallest absolute Gasteiger partial charge is 0.255 e. The van der Waals surface area contributed by atoms with Crippen LogP contribution in [0.15, 0.2) is 18.2 Å². The van der Waals surface area contributed by atoms with E-state index in [1.54, 1.807) is 19.1 Å². The van der Waals surface area contributed by atoms with Gasteiger partial charge in [-0.05, 0) is 26.0 Å². The number of rotatable bonds is 4. The van der Waals surface area contributed by atoms with Crippen molar-refractivity contribution in [2.75, 3.05) is 13.7 Å². The number of carbonyl (C=O) groups excluding carboxylic acids is 1. The van der Waals surface area contributed by atoms with E-state index in [0.717, 1.165) is 5.56 Å². The first kappa shape index (κ1) is 12.5. The third-order valence-corrected chi connectivity index (χ3v) is 2.25. The number of aliphatic hydroxyl groups is 1. The SMILES string of the molecule is COc1ccc(C)cc1C(=O)N[C@H](C)CO. The second kappa shape index (κ2) is 5.51. The van der Waals surface area contributed by atoms with Gasteiger partial charge in [-0.15, -0.1) is 0 Å². The predicted octanol–water partition coefficient (Wildman–Crippen LogP) is 1.11. The highest BCUT2D eigenvalue weighted by atomic mass is 16.5. The molecule has 2 N–H and O–H groups in total. The van der Waals surface area contributed by atoms with Gasteiger partial charge in [0, 0.05) is 6.04 Å². The molecule has 0 aromatic heterocycles. The first-order valence-electron chi connectivity index (χ1n) is 5.15. The van der Waals surface area contributed by atoms with Gasteiger partial charge in [0.15, 0.2) is 0 Å². The summed E-state index contributed by atoms with van der Waals surface area (Å²) in [6, 6.07) is 5.13. The fourth-order valence-electron chi connectivity index (χ4n) is 1.35. The molecule has 16 heavy (non-hydrogen) atoms. The molecule has 1 amide bonds. The monoisotopic (exact) mass is 223 g/mol. The molecule has 0 aliphatic rings. The molecule has 0 spiro atoms. The van der Waals surface area contributed by atoms with Crippen LogP contribution in [0.25, 0.3) is 0 Å². The van der Waals surface area contributed by atoms with Crippen LogP contribution in [0.5, 0.6) is 5.75 Å². The van der Waals surface area contributed by atoms with E-state index in [-0.39, 0.29) is 18.6 Å². The van der Waals surface area contributed by atoms with Crippen LogP contribution in [-0.2, 0) is 0 Å². The molecule has 88 valence electrons. The minimum Gasteiger partial charge on any atom is -0.496 e. The van der Waals surface area contributed by atoms with Gasteiger partial charge >= 0.3 is 0 Å². The zero-order chi connectivity index (χ0) is 12.1. The Morgan fingerprint density at radius 3 is 2.81 bits per heavy atom. The number of hydrogen-bond donors (Lipinski definition) is 2. The Kier molecular flexibility index (Phi) is 4.31. The van der Waals surface area contributed by atoms with Gasteiger partial charge in [-0.2, -0.15) is 0 Å². The van der Waals surface area contributed by atoms with Gasteiger partial charge < -0.3 is 15.2 Å². The average Bonchev–Trinajstić information content (AvgIpc) is 2.28. The van der Waals surface area contributed by atoms with E-state index in [2.05, 4.69) is 5.32 Å². The van der Waals surface area contributed by atoms with Crippen molar-refractivity contribution in [1.29, 1.82) is 0 Å². The molecule has 4 heteroatoms. The van der Waals surface area contributed by atoms with Crippen molar-refractivity contribution < 1.29 is 14.6 Å². The normalized spacial score (nSPS) is 12.0. The lowest BCUT2D eigenvalue weighted by molar-refractivity contribution is 0.0919. The minimum atomic E-state index is -0.266. The molecule has 0 aliphatic carbocycles. The lowest BCUT2D eigenvalue weighted by Gasteiger charge is -2.13. The van der Waals surface area contributed by atoms with Crippen LogP contribution in [0.2, 0.25) is 0 Å². The summed E-state index contributed by atoms with van der Waals surface area (Å²) in [4.78, 5) is 11.8. The maximum Gasteiger partial charge on any atom is 0.255 e. The van der Waals surface area contributed by atoms with E-state index in [4.69, 9.17) is 9.84 Å². The molecule has 1 aromatic carbocycles. The molecule has 0 radical (unpaired) electrons. The van der Waals surface area contributed by atoms with E-state index in [1.165, 1.54) is 7.11 Å². The maximum absolute atomic E-state index is 11.8. The molecule has 1 rings (SSSR count). The summed E-state index contributed by atoms with van der Waals surface area (Å²) in [6.45, 7) is 3.56. The number of amides is 1. The Morgan fingerprint density at radius 2 is 2.25 bits per heavy atom. The summed E-state index contributed by atoms with van der Waals surface area (Å²) >= 11 is 0. The molecule has 0 heterocycles. The lowest BCUT2D eigenvalue weighted by Crippen LogP contribution is -2.35. The van der Waals surface area contributed by atoms with E-state index in [0.29, 0.717) is 11.3 Å². The number of methoxy groups -OCH3 is 1. The van der Waals surface area contributed by atoms with Gasteiger partial charge in [0.2, 0.25) is 0 Å². The van der Waals surface area contributed by atoms with E-state index >= 15 is 0 Å². The molecule has 0 bridgehead atoms. The van der Waals surface area contributed by atoms with E-state index in [1.807, 2.05) is 13.0 Å². The minimum absolute atomic E-state index is 0.0835. The molecular weight excluding hydrogens is 206 g/mol. The van der Waals surface area contributed by atoms with Crippen molar-refractivity contribution in [3.8, 4) is 5.75 Å². The number of aryl methyl sites for hydroxylation is 1. The summed E-state index contributed by atoms with van der Waals surface area (Å²) in [5.41, 5.74) is 1.48. The van der Waals surface area contributed by atoms with E-state index < -0.39 is 0 Å². The number of aliphatic hydroxyl groups excluding tert-OH is 1. The summed E-state index contributed by atoms with van der Waals surface area (Å²) in [5.74, 6) is 0.301. The zero-order valence-electron chi connectivity index (χ0n) is 9.78. The maximum atomic E-state index is 11.8. The Bertz CT molecular complexity index is 377. The average molecular weight is 223 g/mol. The number of ether oxygens (including phenoxy) is 1. The van der Waals surface area contributed by atoms with Crippen molar-refractivity contribution in [2.45, 2.75) is 19.9 Å². The number of nitrogens with one attached hydrogen (secondary N) is 1. The molecular formula is C12H17NO3. The first-order chi connectivity index (χ1) is 7.58. The lowest BCUT2D eigenvalue weighted by atomic mass is 10.1. The quantitative estimate of drug-likeness (QED) is 0.804. The van der Waals surface area contributed by atoms with Crippen molar-refractivity contribution in [2.24, 2.45) is 0 Å². The number of benzene rings is 1. The van der Waals surface area contributed by atoms with Gasteiger partial charge in [-0.25, -0.2) is 0 Å². The zero-order valence-corrected chi connectivity index (χ0v) is 9.78. The van der Waals surface area contributed by atoms with Gasteiger partial charge in [0.1, 0.15) is 5.75 Å². The van der Waals surface area contributed by atoms with Crippen LogP contribution < -0.4 is 10.1 Å². The molecule has 0 saturated heterocycles. The van der Waals surface area contributed by atoms with Gasteiger partial charge in [0.25, 0.3) is 5.91 Å². The Morgan fingerprint density at radius 1 is 1.56 bits per heavy atom. The highest BCUT2D eigenvalue weighted by Crippen LogP contribution is 2.19. The van der Waals surface area contributed by atoms with Crippen molar-refractivity contribution >= 4 is 5.91 Å². The van der Waals surface area contributed by atoms with Crippen molar-refractivity contribution in [3.63, 3.8) is 0 Å². The third-order valence-electron chi connectivity index (χ3n) is 2.25. The van der Waals surface area contributed by atoms with Gasteiger partial charge in [-0.3, -0.25) is 4.79 Å². The second-order valence-electron chi connectivity index (χ2n) is 3.76. The van der Waals surface area contributed by atoms with Crippen LogP contribution in [0, 0.1) is 6.92 Å². The first-order valence-corrected chi connectivity index (χ1v) is 5.15. The van der Waals surface area contributed by atoms with Gasteiger partial charge in [-0.1, -0.05) is 11.6 Å². The largest absolute Gasteiger partial charge is 0.496 e. The van der Waals surface area contributed by atoms with Crippen LogP contribution in [0.3, 0.4) is 0 Å². The molecule has 1 atom stereocenters. The predicted molar refractivity (Wildman–Crippen MR) is 61.7 cm³/mol. The standard InChI is InChI=1S/C12H17NO3/c1-8-4-5-11(16-3)10(6-8)12(15)13-9(2)7-14/h4-6,9,14H,7H2,1-3H3,(H,13,15)/t9-/m1/s1. The highest BCUT2D eigenvalue weighted by molar-refractivity contribution is 5.97. The third kappa shape index (κ3) is 2.97. The Hall–Kier alpha value is -1.55. The Labute approximate surface area is 95.2 Å². The van der Waals surface area contributed by atoms with Crippen molar-refractivity contribution in [1.82, 2.24) is 5.32 Å². The summed E-state index contributed by atoms with van der Waals surface area (Å²) in [6.07, 6.45) is 0. The Balaban J connectivity index is 2.93. The molecule has 0 unspecified atom stereocenters. The molecule has 0 aliphatic heterocycles. The van der Waals surface area contributed by atoms with E-state index in [9.17, 15) is 4.79 Å². The van der Waals surface area contributed by atoms with Gasteiger partial charge in [0.05, 0.1) is 19.3 Å². The molecule has 4 nitrogen and oxygen atoms in total. The van der Waals surface area contributed by atoms with Crippen LogP contribution in [-0.4, -0.2) is 30.8 Å². The number of hydrogen-bond acceptors (Lipinski definition) is 3. The van der Waals surface area contributed by atoms with Crippen LogP contribution >= 0.6 is 0 Å². The summed E-state index contributed by atoms with van der Waals surface area (Å²) in [7, 11) is 1.52. The fraction of sp³-hybridized carbons (Fsp3) is 0.417. The second-order valence-corrected chi connectivity index (χ2v) is 3.76. The molecule has 0 saturated carbocycles. The van der Waals surface area contributed by atoms with Crippen molar-refractivity contribution in [3.05, 3.63) is 29.3 Å². The molecule has 0 fully saturated rings. The summed E-state index contributed by atoms with van der Waals surface area (Å²) in [5, 5.41) is 11.5. The fourth-order valence-corrected chi connectivity index (χ4v) is 1.35. The number of carbonyl (C=O) groups is 1. The summed E-state index contributed by atoms with van der Waals surface area (Å²) < 4.78 is 5.11. The van der Waals surface area contributed by atoms with Crippen LogP contribution in [0.4, 0.5) is 0 Å². The van der Waals surface area contributed by atoms with Crippen LogP contribution in [0.1, 0.15) is 22.8 Å².